The molecule has 28 heavy (non-hydrogen) atoms. The molecule has 4 saturated carbocycles. The molecule has 1 aliphatic heterocycles. The monoisotopic (exact) mass is 444 g/mol. The highest BCUT2D eigenvalue weighted by Crippen LogP contribution is 2.59. The minimum Gasteiger partial charge on any atom is -0.741 e. The van der Waals surface area contributed by atoms with E-state index in [1.54, 1.807) is 0 Å². The van der Waals surface area contributed by atoms with Crippen molar-refractivity contribution in [1.29, 1.82) is 0 Å². The maximum Gasteiger partial charge on any atom is 0.485 e. The zero-order valence-electron chi connectivity index (χ0n) is 15.9. The second kappa shape index (κ2) is 7.98. The molecule has 0 spiro atoms. The number of rotatable bonds is 3. The molecule has 0 amide bonds. The van der Waals surface area contributed by atoms with E-state index in [9.17, 15) is 18.0 Å². The summed E-state index contributed by atoms with van der Waals surface area (Å²) in [6, 6.07) is 0. The highest BCUT2D eigenvalue weighted by molar-refractivity contribution is 7.97. The molecule has 5 fully saturated rings. The summed E-state index contributed by atoms with van der Waals surface area (Å²) < 4.78 is 65.0. The summed E-state index contributed by atoms with van der Waals surface area (Å²) in [5.74, 6) is 6.57. The number of carbonyl (C=O) groups is 1. The Kier molecular flexibility index (Phi) is 6.33. The van der Waals surface area contributed by atoms with E-state index in [-0.39, 0.29) is 11.6 Å². The molecule has 0 aromatic heterocycles. The third-order valence-corrected chi connectivity index (χ3v) is 9.76. The van der Waals surface area contributed by atoms with Gasteiger partial charge in [-0.2, -0.15) is 13.2 Å². The molecular weight excluding hydrogens is 417 g/mol. The standard InChI is InChI=1S/C17H27O2S.CHF3O3S/c1-17(19-16(18)11-20-4-2-3-5-20)14-7-12-6-13(9-14)10-15(17)8-12;2-1(3,4)8(5,6)7/h12-15H,2-11H2,1H3;(H,5,6,7)/q+1;/p-1. The second-order valence-electron chi connectivity index (χ2n) is 8.73. The van der Waals surface area contributed by atoms with Crippen LogP contribution >= 0.6 is 0 Å². The Balaban J connectivity index is 0.000000242. The lowest BCUT2D eigenvalue weighted by molar-refractivity contribution is -0.200. The normalized spacial score (nSPS) is 37.5. The summed E-state index contributed by atoms with van der Waals surface area (Å²) in [6.45, 7) is 2.26. The van der Waals surface area contributed by atoms with Crippen LogP contribution in [0.5, 0.6) is 0 Å². The molecule has 4 aliphatic carbocycles. The fraction of sp³-hybridized carbons (Fsp3) is 0.944. The zero-order valence-corrected chi connectivity index (χ0v) is 17.5. The molecule has 0 aromatic rings. The third kappa shape index (κ3) is 4.80. The smallest absolute Gasteiger partial charge is 0.485 e. The van der Waals surface area contributed by atoms with E-state index < -0.39 is 15.6 Å². The van der Waals surface area contributed by atoms with E-state index in [0.717, 1.165) is 11.8 Å². The third-order valence-electron chi connectivity index (χ3n) is 6.81. The van der Waals surface area contributed by atoms with E-state index in [0.29, 0.717) is 28.5 Å². The molecule has 0 N–H and O–H groups in total. The van der Waals surface area contributed by atoms with E-state index >= 15 is 0 Å². The highest BCUT2D eigenvalue weighted by Gasteiger charge is 2.57. The Bertz CT molecular complexity index is 658. The Hall–Kier alpha value is -0.480. The summed E-state index contributed by atoms with van der Waals surface area (Å²) in [6.07, 6.45) is 9.39. The summed E-state index contributed by atoms with van der Waals surface area (Å²) in [5.41, 5.74) is -5.76. The Morgan fingerprint density at radius 2 is 1.50 bits per heavy atom. The van der Waals surface area contributed by atoms with E-state index in [1.807, 2.05) is 0 Å². The highest BCUT2D eigenvalue weighted by atomic mass is 32.2. The predicted molar refractivity (Wildman–Crippen MR) is 98.5 cm³/mol. The van der Waals surface area contributed by atoms with E-state index in [1.165, 1.54) is 56.5 Å². The lowest BCUT2D eigenvalue weighted by atomic mass is 9.50. The Labute approximate surface area is 166 Å². The van der Waals surface area contributed by atoms with Crippen LogP contribution in [0.25, 0.3) is 0 Å². The van der Waals surface area contributed by atoms with Gasteiger partial charge in [-0.15, -0.1) is 0 Å². The predicted octanol–water partition coefficient (Wildman–Crippen LogP) is 3.21. The van der Waals surface area contributed by atoms with Crippen molar-refractivity contribution in [3.8, 4) is 0 Å². The SMILES string of the molecule is CC1(OC(=O)C[S+]2CCCC2)C2CC3CC(C2)CC1C3.O=S(=O)([O-])C(F)(F)F. The van der Waals surface area contributed by atoms with Gasteiger partial charge in [0.15, 0.2) is 10.1 Å². The maximum atomic E-state index is 12.4. The van der Waals surface area contributed by atoms with E-state index in [2.05, 4.69) is 6.92 Å². The number of alkyl halides is 3. The summed E-state index contributed by atoms with van der Waals surface area (Å²) >= 11 is 0. The minimum atomic E-state index is -6.09. The number of hydrogen-bond acceptors (Lipinski definition) is 5. The lowest BCUT2D eigenvalue weighted by Gasteiger charge is -2.58. The molecule has 0 radical (unpaired) electrons. The van der Waals surface area contributed by atoms with Crippen LogP contribution in [0.3, 0.4) is 0 Å². The first-order valence-corrected chi connectivity index (χ1v) is 12.9. The number of esters is 1. The fourth-order valence-corrected chi connectivity index (χ4v) is 7.70. The average Bonchev–Trinajstić information content (AvgIpc) is 3.03. The topological polar surface area (TPSA) is 83.5 Å². The van der Waals surface area contributed by atoms with Gasteiger partial charge < -0.3 is 9.29 Å². The van der Waals surface area contributed by atoms with Crippen LogP contribution in [0.15, 0.2) is 0 Å². The first kappa shape index (κ1) is 22.2. The first-order chi connectivity index (χ1) is 12.9. The maximum absolute atomic E-state index is 12.4. The average molecular weight is 445 g/mol. The van der Waals surface area contributed by atoms with Gasteiger partial charge in [0.1, 0.15) is 17.1 Å². The van der Waals surface area contributed by atoms with Crippen LogP contribution in [-0.2, 0) is 30.5 Å². The quantitative estimate of drug-likeness (QED) is 0.289. The zero-order chi connectivity index (χ0) is 20.7. The molecule has 0 unspecified atom stereocenters. The van der Waals surface area contributed by atoms with Crippen molar-refractivity contribution in [2.24, 2.45) is 23.7 Å². The van der Waals surface area contributed by atoms with Crippen molar-refractivity contribution >= 4 is 27.0 Å². The van der Waals surface area contributed by atoms with Crippen molar-refractivity contribution in [3.63, 3.8) is 0 Å². The second-order valence-corrected chi connectivity index (χ2v) is 12.4. The molecule has 4 bridgehead atoms. The number of carbonyl (C=O) groups excluding carboxylic acids is 1. The van der Waals surface area contributed by atoms with Crippen molar-refractivity contribution in [1.82, 2.24) is 0 Å². The van der Waals surface area contributed by atoms with Gasteiger partial charge in [-0.25, -0.2) is 13.2 Å². The molecule has 5 rings (SSSR count). The van der Waals surface area contributed by atoms with Crippen LogP contribution in [0.1, 0.15) is 51.9 Å². The molecule has 5 nitrogen and oxygen atoms in total. The Morgan fingerprint density at radius 3 is 1.89 bits per heavy atom. The summed E-state index contributed by atoms with van der Waals surface area (Å²) in [5, 5.41) is 0. The molecule has 1 saturated heterocycles. The van der Waals surface area contributed by atoms with Crippen LogP contribution in [0.4, 0.5) is 13.2 Å². The van der Waals surface area contributed by atoms with Gasteiger partial charge in [-0.1, -0.05) is 0 Å². The number of ether oxygens (including phenoxy) is 1. The van der Waals surface area contributed by atoms with Gasteiger partial charge >= 0.3 is 11.5 Å². The van der Waals surface area contributed by atoms with Crippen molar-refractivity contribution in [3.05, 3.63) is 0 Å². The summed E-state index contributed by atoms with van der Waals surface area (Å²) in [4.78, 5) is 12.4. The van der Waals surface area contributed by atoms with Crippen molar-refractivity contribution in [2.75, 3.05) is 17.3 Å². The van der Waals surface area contributed by atoms with Gasteiger partial charge in [0.25, 0.3) is 0 Å². The van der Waals surface area contributed by atoms with Gasteiger partial charge in [0, 0.05) is 0 Å². The minimum absolute atomic E-state index is 0.116. The van der Waals surface area contributed by atoms with Gasteiger partial charge in [-0.05, 0) is 86.4 Å². The van der Waals surface area contributed by atoms with Crippen LogP contribution in [0, 0.1) is 23.7 Å². The van der Waals surface area contributed by atoms with Crippen molar-refractivity contribution < 1.29 is 35.7 Å². The van der Waals surface area contributed by atoms with Gasteiger partial charge in [0.2, 0.25) is 5.75 Å². The molecule has 162 valence electrons. The molecule has 10 heteroatoms. The number of hydrogen-bond donors (Lipinski definition) is 0. The molecule has 0 aromatic carbocycles. The molecule has 0 atom stereocenters. The molecule has 5 aliphatic rings. The van der Waals surface area contributed by atoms with E-state index in [4.69, 9.17) is 17.7 Å². The van der Waals surface area contributed by atoms with Crippen LogP contribution < -0.4 is 0 Å². The largest absolute Gasteiger partial charge is 0.741 e. The molecular formula is C18H27F3O5S2. The van der Waals surface area contributed by atoms with Gasteiger partial charge in [-0.3, -0.25) is 0 Å². The van der Waals surface area contributed by atoms with Crippen LogP contribution in [-0.4, -0.2) is 47.3 Å². The summed E-state index contributed by atoms with van der Waals surface area (Å²) in [7, 11) is -5.75. The lowest BCUT2D eigenvalue weighted by Crippen LogP contribution is -2.58. The Morgan fingerprint density at radius 1 is 1.07 bits per heavy atom. The van der Waals surface area contributed by atoms with Gasteiger partial charge in [0.05, 0.1) is 0 Å². The molecule has 1 heterocycles. The fourth-order valence-electron chi connectivity index (χ4n) is 5.59. The van der Waals surface area contributed by atoms with Crippen LogP contribution in [0.2, 0.25) is 0 Å². The van der Waals surface area contributed by atoms with Crippen molar-refractivity contribution in [2.45, 2.75) is 63.0 Å². The number of halogens is 3. The first-order valence-electron chi connectivity index (χ1n) is 9.76.